The highest BCUT2D eigenvalue weighted by molar-refractivity contribution is 5.28. The molecule has 1 aromatic carbocycles. The third-order valence-corrected chi connectivity index (χ3v) is 3.08. The van der Waals surface area contributed by atoms with Crippen molar-refractivity contribution in [3.63, 3.8) is 0 Å². The van der Waals surface area contributed by atoms with Gasteiger partial charge in [0.2, 0.25) is 0 Å². The van der Waals surface area contributed by atoms with Crippen molar-refractivity contribution < 1.29 is 14.2 Å². The molecule has 0 heterocycles. The molecule has 1 unspecified atom stereocenters. The van der Waals surface area contributed by atoms with Crippen LogP contribution in [0, 0.1) is 5.92 Å². The van der Waals surface area contributed by atoms with E-state index in [0.29, 0.717) is 12.5 Å². The van der Waals surface area contributed by atoms with E-state index >= 15 is 0 Å². The van der Waals surface area contributed by atoms with Crippen LogP contribution in [0.3, 0.4) is 0 Å². The largest absolute Gasteiger partial charge is 0.493 e. The van der Waals surface area contributed by atoms with Crippen LogP contribution in [0.2, 0.25) is 0 Å². The highest BCUT2D eigenvalue weighted by Gasteiger charge is 2.09. The van der Waals surface area contributed by atoms with E-state index in [-0.39, 0.29) is 12.3 Å². The van der Waals surface area contributed by atoms with E-state index in [1.165, 1.54) is 5.56 Å². The Morgan fingerprint density at radius 3 is 2.10 bits per heavy atom. The van der Waals surface area contributed by atoms with Crippen molar-refractivity contribution in [2.45, 2.75) is 33.1 Å². The molecule has 1 N–H and O–H groups in total. The average Bonchev–Trinajstić information content (AvgIpc) is 2.46. The van der Waals surface area contributed by atoms with Crippen LogP contribution in [0.4, 0.5) is 0 Å². The molecule has 0 aliphatic heterocycles. The lowest BCUT2D eigenvalue weighted by Gasteiger charge is -2.19. The fraction of sp³-hybridized carbons (Fsp3) is 0.625. The van der Waals surface area contributed by atoms with Crippen molar-refractivity contribution in [3.8, 4) is 5.75 Å². The summed E-state index contributed by atoms with van der Waals surface area (Å²) in [6, 6.07) is 8.44. The SMILES string of the molecule is COC(CNC(C)c1ccc(OCC(C)C)cc1)OC. The summed E-state index contributed by atoms with van der Waals surface area (Å²) in [5.41, 5.74) is 1.22. The van der Waals surface area contributed by atoms with Gasteiger partial charge in [0, 0.05) is 26.8 Å². The van der Waals surface area contributed by atoms with Gasteiger partial charge in [-0.3, -0.25) is 0 Å². The highest BCUT2D eigenvalue weighted by atomic mass is 16.7. The summed E-state index contributed by atoms with van der Waals surface area (Å²) >= 11 is 0. The monoisotopic (exact) mass is 281 g/mol. The molecule has 1 rings (SSSR count). The minimum atomic E-state index is -0.217. The van der Waals surface area contributed by atoms with Crippen molar-refractivity contribution in [1.82, 2.24) is 5.32 Å². The maximum absolute atomic E-state index is 5.67. The molecule has 0 fully saturated rings. The molecule has 0 aliphatic rings. The summed E-state index contributed by atoms with van der Waals surface area (Å²) in [4.78, 5) is 0. The van der Waals surface area contributed by atoms with E-state index in [1.54, 1.807) is 14.2 Å². The Balaban J connectivity index is 2.46. The molecule has 1 aromatic rings. The smallest absolute Gasteiger partial charge is 0.169 e. The van der Waals surface area contributed by atoms with Gasteiger partial charge >= 0.3 is 0 Å². The maximum atomic E-state index is 5.67. The van der Waals surface area contributed by atoms with Gasteiger partial charge in [-0.1, -0.05) is 26.0 Å². The molecular weight excluding hydrogens is 254 g/mol. The molecule has 0 aliphatic carbocycles. The second-order valence-electron chi connectivity index (χ2n) is 5.30. The second-order valence-corrected chi connectivity index (χ2v) is 5.30. The molecule has 0 radical (unpaired) electrons. The number of ether oxygens (including phenoxy) is 3. The maximum Gasteiger partial charge on any atom is 0.169 e. The van der Waals surface area contributed by atoms with Crippen LogP contribution in [0.5, 0.6) is 5.75 Å². The molecular formula is C16H27NO3. The Bertz CT molecular complexity index is 360. The van der Waals surface area contributed by atoms with Crippen molar-refractivity contribution in [2.24, 2.45) is 5.92 Å². The lowest BCUT2D eigenvalue weighted by molar-refractivity contribution is -0.0997. The number of hydrogen-bond acceptors (Lipinski definition) is 4. The zero-order valence-corrected chi connectivity index (χ0v) is 13.2. The van der Waals surface area contributed by atoms with E-state index in [4.69, 9.17) is 14.2 Å². The van der Waals surface area contributed by atoms with Gasteiger partial charge in [-0.2, -0.15) is 0 Å². The minimum Gasteiger partial charge on any atom is -0.493 e. The van der Waals surface area contributed by atoms with E-state index in [9.17, 15) is 0 Å². The van der Waals surface area contributed by atoms with Crippen LogP contribution in [0.15, 0.2) is 24.3 Å². The summed E-state index contributed by atoms with van der Waals surface area (Å²) in [5, 5.41) is 3.38. The number of methoxy groups -OCH3 is 2. The molecule has 4 heteroatoms. The van der Waals surface area contributed by atoms with E-state index < -0.39 is 0 Å². The summed E-state index contributed by atoms with van der Waals surface area (Å²) in [6.07, 6.45) is -0.217. The van der Waals surface area contributed by atoms with E-state index in [1.807, 2.05) is 12.1 Å². The van der Waals surface area contributed by atoms with E-state index in [2.05, 4.69) is 38.2 Å². The zero-order valence-electron chi connectivity index (χ0n) is 13.2. The topological polar surface area (TPSA) is 39.7 Å². The number of nitrogens with one attached hydrogen (secondary N) is 1. The van der Waals surface area contributed by atoms with Gasteiger partial charge in [-0.05, 0) is 30.5 Å². The van der Waals surface area contributed by atoms with Crippen LogP contribution in [0.1, 0.15) is 32.4 Å². The predicted octanol–water partition coefficient (Wildman–Crippen LogP) is 2.99. The lowest BCUT2D eigenvalue weighted by Crippen LogP contribution is -2.31. The Labute approximate surface area is 122 Å². The Hall–Kier alpha value is -1.10. The highest BCUT2D eigenvalue weighted by Crippen LogP contribution is 2.18. The quantitative estimate of drug-likeness (QED) is 0.706. The van der Waals surface area contributed by atoms with Gasteiger partial charge in [0.15, 0.2) is 6.29 Å². The molecule has 4 nitrogen and oxygen atoms in total. The molecule has 0 amide bonds. The van der Waals surface area contributed by atoms with Gasteiger partial charge in [0.25, 0.3) is 0 Å². The fourth-order valence-corrected chi connectivity index (χ4v) is 1.77. The zero-order chi connectivity index (χ0) is 15.0. The first kappa shape index (κ1) is 17.0. The minimum absolute atomic E-state index is 0.217. The average molecular weight is 281 g/mol. The molecule has 1 atom stereocenters. The van der Waals surface area contributed by atoms with Gasteiger partial charge in [-0.15, -0.1) is 0 Å². The van der Waals surface area contributed by atoms with Crippen molar-refractivity contribution in [1.29, 1.82) is 0 Å². The first-order chi connectivity index (χ1) is 9.56. The Morgan fingerprint density at radius 1 is 1.00 bits per heavy atom. The Kier molecular flexibility index (Phi) is 7.59. The van der Waals surface area contributed by atoms with Crippen molar-refractivity contribution in [3.05, 3.63) is 29.8 Å². The van der Waals surface area contributed by atoms with E-state index in [0.717, 1.165) is 12.4 Å². The van der Waals surface area contributed by atoms with Gasteiger partial charge in [0.05, 0.1) is 6.61 Å². The van der Waals surface area contributed by atoms with Crippen LogP contribution in [0.25, 0.3) is 0 Å². The molecule has 0 aromatic heterocycles. The first-order valence-electron chi connectivity index (χ1n) is 7.08. The summed E-state index contributed by atoms with van der Waals surface area (Å²) in [6.45, 7) is 7.80. The van der Waals surface area contributed by atoms with Crippen molar-refractivity contribution in [2.75, 3.05) is 27.4 Å². The second kappa shape index (κ2) is 8.95. The molecule has 0 saturated carbocycles. The third kappa shape index (κ3) is 5.90. The third-order valence-electron chi connectivity index (χ3n) is 3.08. The summed E-state index contributed by atoms with van der Waals surface area (Å²) < 4.78 is 16.0. The standard InChI is InChI=1S/C16H27NO3/c1-12(2)11-20-15-8-6-14(7-9-15)13(3)17-10-16(18-4)19-5/h6-9,12-13,16-17H,10-11H2,1-5H3. The van der Waals surface area contributed by atoms with Gasteiger partial charge in [-0.25, -0.2) is 0 Å². The number of rotatable bonds is 9. The summed E-state index contributed by atoms with van der Waals surface area (Å²) in [7, 11) is 3.28. The van der Waals surface area contributed by atoms with Crippen LogP contribution >= 0.6 is 0 Å². The molecule has 20 heavy (non-hydrogen) atoms. The number of benzene rings is 1. The normalized spacial score (nSPS) is 12.9. The predicted molar refractivity (Wildman–Crippen MR) is 81.0 cm³/mol. The van der Waals surface area contributed by atoms with Gasteiger partial charge in [0.1, 0.15) is 5.75 Å². The molecule has 0 spiro atoms. The molecule has 0 saturated heterocycles. The van der Waals surface area contributed by atoms with Gasteiger partial charge < -0.3 is 19.5 Å². The molecule has 114 valence electrons. The van der Waals surface area contributed by atoms with Crippen LogP contribution in [-0.4, -0.2) is 33.7 Å². The first-order valence-corrected chi connectivity index (χ1v) is 7.08. The van der Waals surface area contributed by atoms with Crippen LogP contribution in [-0.2, 0) is 9.47 Å². The lowest BCUT2D eigenvalue weighted by atomic mass is 10.1. The summed E-state index contributed by atoms with van der Waals surface area (Å²) in [5.74, 6) is 1.46. The fourth-order valence-electron chi connectivity index (χ4n) is 1.77. The molecule has 0 bridgehead atoms. The van der Waals surface area contributed by atoms with Crippen LogP contribution < -0.4 is 10.1 Å². The Morgan fingerprint density at radius 2 is 1.60 bits per heavy atom. The van der Waals surface area contributed by atoms with Crippen molar-refractivity contribution >= 4 is 0 Å². The number of hydrogen-bond donors (Lipinski definition) is 1.